The Balaban J connectivity index is 1.49. The molecule has 2 aliphatic heterocycles. The second kappa shape index (κ2) is 10.7. The number of halogens is 3. The van der Waals surface area contributed by atoms with Gasteiger partial charge in [0.2, 0.25) is 11.8 Å². The maximum atomic E-state index is 13.5. The standard InChI is InChI=1S/C25H32F3N5O3S/c1-15-22(16-4-6-30-18(12-16)24(2,3)25(26,27)28)37-19(31-15)13-20(34)33-7-5-17(21(33)23(29)35)14-32-8-10-36-11-9-32/h4,6,12,17,21H,5,7-11,13-14H2,1-3H3,(H2,29,35)/t17-,21-/m0/s1. The molecule has 0 aliphatic carbocycles. The molecule has 2 aromatic rings. The fraction of sp³-hybridized carbons (Fsp3) is 0.600. The molecule has 0 radical (unpaired) electrons. The van der Waals surface area contributed by atoms with Crippen molar-refractivity contribution in [2.45, 2.75) is 51.2 Å². The number of carbonyl (C=O) groups is 2. The highest BCUT2D eigenvalue weighted by Gasteiger charge is 2.49. The first-order valence-corrected chi connectivity index (χ1v) is 13.1. The maximum absolute atomic E-state index is 13.5. The number of amides is 2. The first-order chi connectivity index (χ1) is 17.4. The van der Waals surface area contributed by atoms with Crippen LogP contribution in [0.25, 0.3) is 10.4 Å². The van der Waals surface area contributed by atoms with Crippen molar-refractivity contribution in [1.29, 1.82) is 0 Å². The predicted molar refractivity (Wildman–Crippen MR) is 133 cm³/mol. The molecular weight excluding hydrogens is 507 g/mol. The Morgan fingerprint density at radius 1 is 1.22 bits per heavy atom. The summed E-state index contributed by atoms with van der Waals surface area (Å²) < 4.78 is 46.0. The lowest BCUT2D eigenvalue weighted by Gasteiger charge is -2.32. The zero-order chi connectivity index (χ0) is 27.0. The van der Waals surface area contributed by atoms with Gasteiger partial charge >= 0.3 is 6.18 Å². The molecule has 8 nitrogen and oxygen atoms in total. The van der Waals surface area contributed by atoms with Gasteiger partial charge in [-0.25, -0.2) is 4.98 Å². The van der Waals surface area contributed by atoms with E-state index in [0.29, 0.717) is 53.9 Å². The van der Waals surface area contributed by atoms with Gasteiger partial charge in [0.15, 0.2) is 0 Å². The summed E-state index contributed by atoms with van der Waals surface area (Å²) in [6, 6.07) is 2.39. The normalized spacial score (nSPS) is 21.4. The number of thiazole rings is 1. The van der Waals surface area contributed by atoms with Crippen molar-refractivity contribution >= 4 is 23.2 Å². The third kappa shape index (κ3) is 5.80. The van der Waals surface area contributed by atoms with E-state index in [-0.39, 0.29) is 23.9 Å². The van der Waals surface area contributed by atoms with Gasteiger partial charge in [0.25, 0.3) is 0 Å². The number of pyridine rings is 1. The van der Waals surface area contributed by atoms with Gasteiger partial charge in [-0.1, -0.05) is 0 Å². The molecule has 2 saturated heterocycles. The number of primary amides is 1. The smallest absolute Gasteiger partial charge is 0.379 e. The monoisotopic (exact) mass is 539 g/mol. The zero-order valence-corrected chi connectivity index (χ0v) is 22.0. The quantitative estimate of drug-likeness (QED) is 0.581. The van der Waals surface area contributed by atoms with Crippen LogP contribution in [0.4, 0.5) is 13.2 Å². The molecule has 0 bridgehead atoms. The number of aryl methyl sites for hydroxylation is 1. The molecule has 202 valence electrons. The number of nitrogens with zero attached hydrogens (tertiary/aromatic N) is 4. The number of aromatic nitrogens is 2. The summed E-state index contributed by atoms with van der Waals surface area (Å²) in [5.41, 5.74) is 4.71. The highest BCUT2D eigenvalue weighted by Crippen LogP contribution is 2.41. The van der Waals surface area contributed by atoms with Crippen LogP contribution in [-0.2, 0) is 26.2 Å². The van der Waals surface area contributed by atoms with Crippen molar-refractivity contribution in [1.82, 2.24) is 19.8 Å². The zero-order valence-electron chi connectivity index (χ0n) is 21.2. The van der Waals surface area contributed by atoms with E-state index in [9.17, 15) is 22.8 Å². The molecular formula is C25H32F3N5O3S. The third-order valence-corrected chi connectivity index (χ3v) is 8.45. The summed E-state index contributed by atoms with van der Waals surface area (Å²) in [4.78, 5) is 38.5. The van der Waals surface area contributed by atoms with Crippen LogP contribution in [0, 0.1) is 12.8 Å². The van der Waals surface area contributed by atoms with E-state index >= 15 is 0 Å². The van der Waals surface area contributed by atoms with Crippen molar-refractivity contribution in [2.24, 2.45) is 11.7 Å². The van der Waals surface area contributed by atoms with Gasteiger partial charge in [-0.2, -0.15) is 13.2 Å². The van der Waals surface area contributed by atoms with Crippen molar-refractivity contribution in [3.63, 3.8) is 0 Å². The summed E-state index contributed by atoms with van der Waals surface area (Å²) in [5, 5.41) is 0.533. The van der Waals surface area contributed by atoms with Crippen LogP contribution in [-0.4, -0.2) is 83.2 Å². The lowest BCUT2D eigenvalue weighted by molar-refractivity contribution is -0.181. The van der Waals surface area contributed by atoms with E-state index < -0.39 is 23.5 Å². The minimum atomic E-state index is -4.45. The number of hydrogen-bond acceptors (Lipinski definition) is 7. The number of nitrogens with two attached hydrogens (primary N) is 1. The summed E-state index contributed by atoms with van der Waals surface area (Å²) in [6.45, 7) is 7.94. The summed E-state index contributed by atoms with van der Waals surface area (Å²) in [5.74, 6) is -0.792. The molecule has 2 fully saturated rings. The topological polar surface area (TPSA) is 102 Å². The number of rotatable bonds is 7. The number of morpholine rings is 1. The molecule has 2 N–H and O–H groups in total. The minimum Gasteiger partial charge on any atom is -0.379 e. The fourth-order valence-corrected chi connectivity index (χ4v) is 5.97. The number of hydrogen-bond donors (Lipinski definition) is 1. The van der Waals surface area contributed by atoms with E-state index in [1.54, 1.807) is 17.9 Å². The SMILES string of the molecule is Cc1nc(CC(=O)N2CC[C@@H](CN3CCOCC3)[C@H]2C(N)=O)sc1-c1ccnc(C(C)(C)C(F)(F)F)c1. The molecule has 12 heteroatoms. The van der Waals surface area contributed by atoms with Crippen LogP contribution in [0.15, 0.2) is 18.3 Å². The Kier molecular flexibility index (Phi) is 7.91. The van der Waals surface area contributed by atoms with Gasteiger partial charge in [0, 0.05) is 38.3 Å². The van der Waals surface area contributed by atoms with Crippen LogP contribution in [0.5, 0.6) is 0 Å². The molecule has 0 saturated carbocycles. The largest absolute Gasteiger partial charge is 0.399 e. The van der Waals surface area contributed by atoms with E-state index in [0.717, 1.165) is 26.9 Å². The number of likely N-dealkylation sites (tertiary alicyclic amines) is 1. The summed E-state index contributed by atoms with van der Waals surface area (Å²) in [6.07, 6.45) is -2.41. The summed E-state index contributed by atoms with van der Waals surface area (Å²) >= 11 is 1.26. The van der Waals surface area contributed by atoms with Gasteiger partial charge in [-0.05, 0) is 44.9 Å². The van der Waals surface area contributed by atoms with E-state index in [2.05, 4.69) is 14.9 Å². The second-order valence-corrected chi connectivity index (χ2v) is 11.2. The second-order valence-electron chi connectivity index (χ2n) is 10.1. The van der Waals surface area contributed by atoms with Crippen molar-refractivity contribution in [3.8, 4) is 10.4 Å². The van der Waals surface area contributed by atoms with Crippen LogP contribution in [0.2, 0.25) is 0 Å². The molecule has 4 rings (SSSR count). The maximum Gasteiger partial charge on any atom is 0.399 e. The van der Waals surface area contributed by atoms with Gasteiger partial charge in [-0.15, -0.1) is 11.3 Å². The van der Waals surface area contributed by atoms with Crippen LogP contribution in [0.1, 0.15) is 36.7 Å². The lowest BCUT2D eigenvalue weighted by atomic mass is 9.87. The van der Waals surface area contributed by atoms with Crippen LogP contribution in [0.3, 0.4) is 0 Å². The average Bonchev–Trinajstić information content (AvgIpc) is 3.42. The number of carbonyl (C=O) groups excluding carboxylic acids is 2. The van der Waals surface area contributed by atoms with Gasteiger partial charge in [-0.3, -0.25) is 19.5 Å². The van der Waals surface area contributed by atoms with E-state index in [1.807, 2.05) is 0 Å². The van der Waals surface area contributed by atoms with Crippen molar-refractivity contribution in [3.05, 3.63) is 34.7 Å². The van der Waals surface area contributed by atoms with Gasteiger partial charge in [0.05, 0.1) is 35.9 Å². The predicted octanol–water partition coefficient (Wildman–Crippen LogP) is 2.93. The lowest BCUT2D eigenvalue weighted by Crippen LogP contribution is -2.50. The average molecular weight is 540 g/mol. The minimum absolute atomic E-state index is 0.00839. The molecule has 0 spiro atoms. The number of ether oxygens (including phenoxy) is 1. The molecule has 2 aromatic heterocycles. The molecule has 0 unspecified atom stereocenters. The van der Waals surface area contributed by atoms with Crippen LogP contribution >= 0.6 is 11.3 Å². The number of alkyl halides is 3. The van der Waals surface area contributed by atoms with Crippen molar-refractivity contribution in [2.75, 3.05) is 39.4 Å². The Bertz CT molecular complexity index is 1150. The molecule has 4 heterocycles. The Labute approximate surface area is 218 Å². The van der Waals surface area contributed by atoms with Gasteiger partial charge < -0.3 is 15.4 Å². The Morgan fingerprint density at radius 2 is 1.92 bits per heavy atom. The highest BCUT2D eigenvalue weighted by atomic mass is 32.1. The van der Waals surface area contributed by atoms with E-state index in [1.165, 1.54) is 23.6 Å². The molecule has 0 aromatic carbocycles. The van der Waals surface area contributed by atoms with Gasteiger partial charge in [0.1, 0.15) is 16.5 Å². The molecule has 2 atom stereocenters. The fourth-order valence-electron chi connectivity index (χ4n) is 4.91. The first-order valence-electron chi connectivity index (χ1n) is 12.3. The molecule has 37 heavy (non-hydrogen) atoms. The first kappa shape index (κ1) is 27.5. The van der Waals surface area contributed by atoms with Crippen molar-refractivity contribution < 1.29 is 27.5 Å². The summed E-state index contributed by atoms with van der Waals surface area (Å²) in [7, 11) is 0. The van der Waals surface area contributed by atoms with Crippen LogP contribution < -0.4 is 5.73 Å². The third-order valence-electron chi connectivity index (χ3n) is 7.25. The Morgan fingerprint density at radius 3 is 2.57 bits per heavy atom. The van der Waals surface area contributed by atoms with E-state index in [4.69, 9.17) is 10.5 Å². The molecule has 2 amide bonds. The Hall–Kier alpha value is -2.57. The highest BCUT2D eigenvalue weighted by molar-refractivity contribution is 7.15. The molecule has 2 aliphatic rings.